The topological polar surface area (TPSA) is 46.5 Å². The van der Waals surface area contributed by atoms with Gasteiger partial charge >= 0.3 is 0 Å². The van der Waals surface area contributed by atoms with E-state index in [2.05, 4.69) is 11.9 Å². The van der Waals surface area contributed by atoms with Gasteiger partial charge in [-0.3, -0.25) is 4.79 Å². The zero-order chi connectivity index (χ0) is 14.1. The van der Waals surface area contributed by atoms with Gasteiger partial charge in [-0.05, 0) is 12.1 Å². The predicted octanol–water partition coefficient (Wildman–Crippen LogP) is 0.776. The third-order valence-electron chi connectivity index (χ3n) is 2.89. The Morgan fingerprint density at radius 3 is 3.00 bits per heavy atom. The van der Waals surface area contributed by atoms with E-state index in [1.807, 2.05) is 29.9 Å². The fraction of sp³-hybridized carbons (Fsp3) is 0.500. The minimum Gasteiger partial charge on any atom is -0.383 e. The summed E-state index contributed by atoms with van der Waals surface area (Å²) >= 11 is 0. The summed E-state index contributed by atoms with van der Waals surface area (Å²) in [4.78, 5) is 13.9. The molecule has 19 heavy (non-hydrogen) atoms. The Hall–Kier alpha value is -1.59. The zero-order valence-corrected chi connectivity index (χ0v) is 11.8. The van der Waals surface area contributed by atoms with Crippen molar-refractivity contribution in [2.45, 2.75) is 6.54 Å². The summed E-state index contributed by atoms with van der Waals surface area (Å²) in [5.41, 5.74) is 1.10. The van der Waals surface area contributed by atoms with Crippen molar-refractivity contribution in [3.8, 4) is 0 Å². The SMILES string of the molecule is C=CCNCC(=O)N(CCOC)Cc1cccn1C. The smallest absolute Gasteiger partial charge is 0.236 e. The van der Waals surface area contributed by atoms with Crippen molar-refractivity contribution < 1.29 is 9.53 Å². The van der Waals surface area contributed by atoms with Gasteiger partial charge in [-0.2, -0.15) is 0 Å². The largest absolute Gasteiger partial charge is 0.383 e. The summed E-state index contributed by atoms with van der Waals surface area (Å²) < 4.78 is 7.08. The van der Waals surface area contributed by atoms with Crippen LogP contribution < -0.4 is 5.32 Å². The van der Waals surface area contributed by atoms with Crippen LogP contribution in [0.3, 0.4) is 0 Å². The van der Waals surface area contributed by atoms with E-state index >= 15 is 0 Å². The van der Waals surface area contributed by atoms with Crippen LogP contribution in [0.5, 0.6) is 0 Å². The molecule has 0 aliphatic carbocycles. The summed E-state index contributed by atoms with van der Waals surface area (Å²) in [5.74, 6) is 0.0695. The van der Waals surface area contributed by atoms with E-state index in [1.54, 1.807) is 18.1 Å². The molecule has 0 unspecified atom stereocenters. The highest BCUT2D eigenvalue weighted by atomic mass is 16.5. The number of hydrogen-bond donors (Lipinski definition) is 1. The molecule has 1 rings (SSSR count). The number of rotatable bonds is 9. The Labute approximate surface area is 114 Å². The molecular weight excluding hydrogens is 242 g/mol. The average Bonchev–Trinajstić information content (AvgIpc) is 2.80. The summed E-state index contributed by atoms with van der Waals surface area (Å²) in [6, 6.07) is 3.99. The first kappa shape index (κ1) is 15.5. The monoisotopic (exact) mass is 265 g/mol. The lowest BCUT2D eigenvalue weighted by atomic mass is 10.3. The second-order valence-electron chi connectivity index (χ2n) is 4.34. The lowest BCUT2D eigenvalue weighted by Gasteiger charge is -2.23. The minimum absolute atomic E-state index is 0.0695. The molecule has 106 valence electrons. The highest BCUT2D eigenvalue weighted by Gasteiger charge is 2.14. The van der Waals surface area contributed by atoms with E-state index in [-0.39, 0.29) is 5.91 Å². The van der Waals surface area contributed by atoms with Crippen LogP contribution in [0, 0.1) is 0 Å². The van der Waals surface area contributed by atoms with Gasteiger partial charge in [0.15, 0.2) is 0 Å². The van der Waals surface area contributed by atoms with Gasteiger partial charge in [0.25, 0.3) is 0 Å². The van der Waals surface area contributed by atoms with Gasteiger partial charge in [-0.1, -0.05) is 6.08 Å². The van der Waals surface area contributed by atoms with Crippen molar-refractivity contribution >= 4 is 5.91 Å². The van der Waals surface area contributed by atoms with E-state index in [0.717, 1.165) is 5.69 Å². The van der Waals surface area contributed by atoms with Gasteiger partial charge in [0.05, 0.1) is 19.7 Å². The van der Waals surface area contributed by atoms with Gasteiger partial charge < -0.3 is 19.5 Å². The lowest BCUT2D eigenvalue weighted by Crippen LogP contribution is -2.40. The number of methoxy groups -OCH3 is 1. The van der Waals surface area contributed by atoms with Crippen LogP contribution in [0.1, 0.15) is 5.69 Å². The van der Waals surface area contributed by atoms with Crippen LogP contribution in [0.2, 0.25) is 0 Å². The molecular formula is C14H23N3O2. The molecule has 1 amide bonds. The van der Waals surface area contributed by atoms with Crippen molar-refractivity contribution in [3.63, 3.8) is 0 Å². The molecule has 0 spiro atoms. The average molecular weight is 265 g/mol. The Balaban J connectivity index is 2.57. The normalized spacial score (nSPS) is 10.4. The molecule has 1 aromatic rings. The standard InChI is InChI=1S/C14H23N3O2/c1-4-7-15-11-14(18)17(9-10-19-3)12-13-6-5-8-16(13)2/h4-6,8,15H,1,7,9-12H2,2-3H3. The fourth-order valence-electron chi connectivity index (χ4n) is 1.74. The summed E-state index contributed by atoms with van der Waals surface area (Å²) in [5, 5.41) is 3.03. The second kappa shape index (κ2) is 8.50. The van der Waals surface area contributed by atoms with Crippen LogP contribution in [-0.2, 0) is 23.1 Å². The van der Waals surface area contributed by atoms with E-state index in [4.69, 9.17) is 4.74 Å². The molecule has 1 aromatic heterocycles. The van der Waals surface area contributed by atoms with E-state index in [9.17, 15) is 4.79 Å². The summed E-state index contributed by atoms with van der Waals surface area (Å²) in [6.07, 6.45) is 3.72. The Kier molecular flexibility index (Phi) is 6.92. The van der Waals surface area contributed by atoms with Gasteiger partial charge in [0.2, 0.25) is 5.91 Å². The quantitative estimate of drug-likeness (QED) is 0.530. The van der Waals surface area contributed by atoms with Crippen molar-refractivity contribution in [3.05, 3.63) is 36.7 Å². The van der Waals surface area contributed by atoms with Gasteiger partial charge in [-0.15, -0.1) is 6.58 Å². The first-order chi connectivity index (χ1) is 9.19. The highest BCUT2D eigenvalue weighted by molar-refractivity contribution is 5.78. The molecule has 0 atom stereocenters. The highest BCUT2D eigenvalue weighted by Crippen LogP contribution is 2.05. The number of nitrogens with one attached hydrogen (secondary N) is 1. The molecule has 1 N–H and O–H groups in total. The third kappa shape index (κ3) is 5.28. The molecule has 1 heterocycles. The van der Waals surface area contributed by atoms with Crippen LogP contribution in [0.25, 0.3) is 0 Å². The maximum absolute atomic E-state index is 12.1. The summed E-state index contributed by atoms with van der Waals surface area (Å²) in [7, 11) is 3.62. The number of ether oxygens (including phenoxy) is 1. The number of aryl methyl sites for hydroxylation is 1. The van der Waals surface area contributed by atoms with Gasteiger partial charge in [0, 0.05) is 39.1 Å². The molecule has 5 heteroatoms. The minimum atomic E-state index is 0.0695. The number of nitrogens with zero attached hydrogens (tertiary/aromatic N) is 2. The van der Waals surface area contributed by atoms with Crippen molar-refractivity contribution in [2.75, 3.05) is 33.4 Å². The lowest BCUT2D eigenvalue weighted by molar-refractivity contribution is -0.131. The van der Waals surface area contributed by atoms with E-state index < -0.39 is 0 Å². The number of aromatic nitrogens is 1. The van der Waals surface area contributed by atoms with Crippen LogP contribution in [-0.4, -0.2) is 48.7 Å². The van der Waals surface area contributed by atoms with Crippen LogP contribution in [0.4, 0.5) is 0 Å². The Morgan fingerprint density at radius 2 is 2.42 bits per heavy atom. The zero-order valence-electron chi connectivity index (χ0n) is 11.8. The Bertz CT molecular complexity index is 401. The molecule has 0 aliphatic rings. The maximum atomic E-state index is 12.1. The van der Waals surface area contributed by atoms with Crippen molar-refractivity contribution in [1.29, 1.82) is 0 Å². The fourth-order valence-corrected chi connectivity index (χ4v) is 1.74. The van der Waals surface area contributed by atoms with Crippen molar-refractivity contribution in [1.82, 2.24) is 14.8 Å². The molecule has 0 aromatic carbocycles. The van der Waals surface area contributed by atoms with Crippen LogP contribution >= 0.6 is 0 Å². The first-order valence-corrected chi connectivity index (χ1v) is 6.37. The predicted molar refractivity (Wildman–Crippen MR) is 75.8 cm³/mol. The number of hydrogen-bond acceptors (Lipinski definition) is 3. The molecule has 5 nitrogen and oxygen atoms in total. The molecule has 0 aliphatic heterocycles. The number of amides is 1. The van der Waals surface area contributed by atoms with Gasteiger partial charge in [0.1, 0.15) is 0 Å². The van der Waals surface area contributed by atoms with Crippen LogP contribution in [0.15, 0.2) is 31.0 Å². The van der Waals surface area contributed by atoms with Crippen molar-refractivity contribution in [2.24, 2.45) is 7.05 Å². The first-order valence-electron chi connectivity index (χ1n) is 6.37. The third-order valence-corrected chi connectivity index (χ3v) is 2.89. The number of carbonyl (C=O) groups excluding carboxylic acids is 1. The molecule has 0 fully saturated rings. The molecule has 0 radical (unpaired) electrons. The summed E-state index contributed by atoms with van der Waals surface area (Å²) in [6.45, 7) is 6.30. The van der Waals surface area contributed by atoms with E-state index in [0.29, 0.717) is 32.8 Å². The molecule has 0 saturated carbocycles. The molecule has 0 bridgehead atoms. The number of carbonyl (C=O) groups is 1. The molecule has 0 saturated heterocycles. The maximum Gasteiger partial charge on any atom is 0.236 e. The second-order valence-corrected chi connectivity index (χ2v) is 4.34. The van der Waals surface area contributed by atoms with E-state index in [1.165, 1.54) is 0 Å². The Morgan fingerprint density at radius 1 is 1.63 bits per heavy atom. The van der Waals surface area contributed by atoms with Gasteiger partial charge in [-0.25, -0.2) is 0 Å².